The van der Waals surface area contributed by atoms with Crippen molar-refractivity contribution in [3.8, 4) is 0 Å². The third-order valence-corrected chi connectivity index (χ3v) is 6.10. The van der Waals surface area contributed by atoms with E-state index in [1.54, 1.807) is 12.3 Å². The molecule has 0 bridgehead atoms. The van der Waals surface area contributed by atoms with Crippen LogP contribution in [0.5, 0.6) is 0 Å². The number of rotatable bonds is 7. The van der Waals surface area contributed by atoms with Gasteiger partial charge in [0.2, 0.25) is 15.9 Å². The first-order valence-corrected chi connectivity index (χ1v) is 11.6. The Morgan fingerprint density at radius 2 is 2.14 bits per heavy atom. The summed E-state index contributed by atoms with van der Waals surface area (Å²) in [6, 6.07) is 3.06. The predicted octanol–water partition coefficient (Wildman–Crippen LogP) is 1.29. The van der Waals surface area contributed by atoms with E-state index in [9.17, 15) is 12.8 Å². The van der Waals surface area contributed by atoms with Gasteiger partial charge in [0.1, 0.15) is 5.82 Å². The van der Waals surface area contributed by atoms with Gasteiger partial charge in [-0.25, -0.2) is 22.5 Å². The molecule has 158 valence electrons. The Balaban J connectivity index is 1.33. The van der Waals surface area contributed by atoms with E-state index in [1.165, 1.54) is 12.3 Å². The lowest BCUT2D eigenvalue weighted by atomic mass is 9.96. The Bertz CT molecular complexity index is 1000. The van der Waals surface area contributed by atoms with E-state index in [0.29, 0.717) is 23.4 Å². The van der Waals surface area contributed by atoms with Gasteiger partial charge < -0.3 is 9.74 Å². The first-order valence-electron chi connectivity index (χ1n) is 9.69. The molecule has 1 aromatic carbocycles. The van der Waals surface area contributed by atoms with Crippen molar-refractivity contribution in [2.24, 2.45) is 10.9 Å². The minimum absolute atomic E-state index is 0.185. The monoisotopic (exact) mass is 424 g/mol. The lowest BCUT2D eigenvalue weighted by Crippen LogP contribution is -2.38. The summed E-state index contributed by atoms with van der Waals surface area (Å²) in [5, 5.41) is 7.51. The number of sulfonamides is 1. The topological polar surface area (TPSA) is 112 Å². The van der Waals surface area contributed by atoms with E-state index in [0.717, 1.165) is 44.4 Å². The molecule has 3 N–H and O–H groups in total. The Hall–Kier alpha value is -2.08. The molecule has 2 aliphatic heterocycles. The fourth-order valence-electron chi connectivity index (χ4n) is 3.86. The van der Waals surface area contributed by atoms with Crippen LogP contribution < -0.4 is 10.2 Å². The number of hydrogen-bond acceptors (Lipinski definition) is 7. The maximum absolute atomic E-state index is 14.4. The van der Waals surface area contributed by atoms with Crippen LogP contribution in [0.3, 0.4) is 0 Å². The normalized spacial score (nSPS) is 21.4. The molecule has 1 atom stereocenters. The van der Waals surface area contributed by atoms with Crippen molar-refractivity contribution in [1.82, 2.24) is 25.3 Å². The first kappa shape index (κ1) is 20.2. The Morgan fingerprint density at radius 3 is 2.90 bits per heavy atom. The van der Waals surface area contributed by atoms with Crippen molar-refractivity contribution >= 4 is 26.8 Å². The Kier molecular flexibility index (Phi) is 5.81. The molecule has 1 fully saturated rings. The number of fused-ring (bicyclic) bond motifs is 1. The standard InChI is InChI=1S/C18H25FN6O3S/c1-29(26,27)21-7-2-8-25-9-5-12(6-10-25)18-22-17(24-28-18)16-13-11-20-23-15(13)4-3-14(16)19/h3-4,11-12,17,21,24H,2,5-10H2,1H3,(H,20,23). The molecule has 4 rings (SSSR count). The van der Waals surface area contributed by atoms with Crippen LogP contribution in [0.4, 0.5) is 4.39 Å². The number of aromatic amines is 1. The van der Waals surface area contributed by atoms with Gasteiger partial charge in [-0.2, -0.15) is 5.10 Å². The summed E-state index contributed by atoms with van der Waals surface area (Å²) in [4.78, 5) is 12.5. The van der Waals surface area contributed by atoms with Gasteiger partial charge in [-0.15, -0.1) is 5.48 Å². The van der Waals surface area contributed by atoms with E-state index in [4.69, 9.17) is 4.84 Å². The highest BCUT2D eigenvalue weighted by molar-refractivity contribution is 7.88. The Morgan fingerprint density at radius 1 is 1.34 bits per heavy atom. The summed E-state index contributed by atoms with van der Waals surface area (Å²) in [7, 11) is -3.13. The van der Waals surface area contributed by atoms with E-state index in [1.807, 2.05) is 0 Å². The van der Waals surface area contributed by atoms with E-state index in [-0.39, 0.29) is 11.7 Å². The fraction of sp³-hybridized carbons (Fsp3) is 0.556. The second-order valence-corrected chi connectivity index (χ2v) is 9.35. The molecule has 0 aliphatic carbocycles. The van der Waals surface area contributed by atoms with Crippen LogP contribution in [-0.2, 0) is 14.9 Å². The summed E-state index contributed by atoms with van der Waals surface area (Å²) in [5.41, 5.74) is 4.03. The zero-order valence-electron chi connectivity index (χ0n) is 16.2. The maximum atomic E-state index is 14.4. The van der Waals surface area contributed by atoms with Crippen molar-refractivity contribution in [2.75, 3.05) is 32.4 Å². The number of nitrogens with zero attached hydrogens (tertiary/aromatic N) is 3. The third kappa shape index (κ3) is 4.74. The number of hydrogen-bond donors (Lipinski definition) is 3. The SMILES string of the molecule is CS(=O)(=O)NCCCN1CCC(C2=NC(c3c(F)ccc4[nH]ncc34)NO2)CC1. The summed E-state index contributed by atoms with van der Waals surface area (Å²) < 4.78 is 39.1. The van der Waals surface area contributed by atoms with Crippen LogP contribution in [0.2, 0.25) is 0 Å². The van der Waals surface area contributed by atoms with Gasteiger partial charge in [0, 0.05) is 23.4 Å². The number of likely N-dealkylation sites (tertiary alicyclic amines) is 1. The van der Waals surface area contributed by atoms with Crippen molar-refractivity contribution in [1.29, 1.82) is 0 Å². The molecule has 29 heavy (non-hydrogen) atoms. The number of H-pyrrole nitrogens is 1. The highest BCUT2D eigenvalue weighted by Crippen LogP contribution is 2.31. The third-order valence-electron chi connectivity index (χ3n) is 5.37. The van der Waals surface area contributed by atoms with Crippen molar-refractivity contribution < 1.29 is 17.6 Å². The highest BCUT2D eigenvalue weighted by atomic mass is 32.2. The minimum atomic E-state index is -3.13. The molecule has 0 radical (unpaired) electrons. The number of nitrogens with one attached hydrogen (secondary N) is 3. The molecule has 9 nitrogen and oxygen atoms in total. The predicted molar refractivity (Wildman–Crippen MR) is 107 cm³/mol. The largest absolute Gasteiger partial charge is 0.391 e. The van der Waals surface area contributed by atoms with Crippen LogP contribution >= 0.6 is 0 Å². The molecule has 0 saturated carbocycles. The van der Waals surface area contributed by atoms with E-state index in [2.05, 4.69) is 30.3 Å². The van der Waals surface area contributed by atoms with Crippen LogP contribution in [0.15, 0.2) is 23.3 Å². The van der Waals surface area contributed by atoms with Crippen LogP contribution in [0.25, 0.3) is 10.9 Å². The quantitative estimate of drug-likeness (QED) is 0.578. The summed E-state index contributed by atoms with van der Waals surface area (Å²) in [6.45, 7) is 3.08. The van der Waals surface area contributed by atoms with E-state index >= 15 is 0 Å². The Labute approximate surface area is 168 Å². The molecule has 2 aliphatic rings. The fourth-order valence-corrected chi connectivity index (χ4v) is 4.38. The molecule has 3 heterocycles. The van der Waals surface area contributed by atoms with Gasteiger partial charge in [0.15, 0.2) is 6.17 Å². The maximum Gasteiger partial charge on any atom is 0.214 e. The van der Waals surface area contributed by atoms with Gasteiger partial charge in [-0.3, -0.25) is 5.10 Å². The average Bonchev–Trinajstić information content (AvgIpc) is 3.34. The second kappa shape index (κ2) is 8.34. The smallest absolute Gasteiger partial charge is 0.214 e. The summed E-state index contributed by atoms with van der Waals surface area (Å²) in [5.74, 6) is 0.459. The van der Waals surface area contributed by atoms with Crippen molar-refractivity contribution in [3.63, 3.8) is 0 Å². The minimum Gasteiger partial charge on any atom is -0.391 e. The lowest BCUT2D eigenvalue weighted by molar-refractivity contribution is 0.148. The number of piperidine rings is 1. The van der Waals surface area contributed by atoms with Crippen molar-refractivity contribution in [2.45, 2.75) is 25.4 Å². The molecular weight excluding hydrogens is 399 g/mol. The van der Waals surface area contributed by atoms with Gasteiger partial charge in [-0.05, 0) is 51.0 Å². The van der Waals surface area contributed by atoms with Crippen LogP contribution in [0.1, 0.15) is 31.0 Å². The van der Waals surface area contributed by atoms with Gasteiger partial charge in [0.25, 0.3) is 0 Å². The van der Waals surface area contributed by atoms with Gasteiger partial charge >= 0.3 is 0 Å². The average molecular weight is 425 g/mol. The molecule has 0 amide bonds. The number of halogens is 1. The molecular formula is C18H25FN6O3S. The van der Waals surface area contributed by atoms with Crippen LogP contribution in [-0.4, -0.2) is 61.8 Å². The number of benzene rings is 1. The zero-order chi connectivity index (χ0) is 20.4. The number of aromatic nitrogens is 2. The number of aliphatic imine (C=N–C) groups is 1. The van der Waals surface area contributed by atoms with Crippen LogP contribution in [0, 0.1) is 11.7 Å². The molecule has 1 unspecified atom stereocenters. The summed E-state index contributed by atoms with van der Waals surface area (Å²) in [6.07, 6.45) is 4.73. The molecule has 0 spiro atoms. The van der Waals surface area contributed by atoms with Gasteiger partial charge in [0.05, 0.1) is 18.0 Å². The highest BCUT2D eigenvalue weighted by Gasteiger charge is 2.32. The van der Waals surface area contributed by atoms with Gasteiger partial charge in [-0.1, -0.05) is 0 Å². The zero-order valence-corrected chi connectivity index (χ0v) is 17.0. The van der Waals surface area contributed by atoms with Crippen molar-refractivity contribution in [3.05, 3.63) is 29.7 Å². The molecule has 1 aromatic heterocycles. The molecule has 1 saturated heterocycles. The summed E-state index contributed by atoms with van der Waals surface area (Å²) >= 11 is 0. The molecule has 11 heteroatoms. The number of hydroxylamine groups is 1. The lowest BCUT2D eigenvalue weighted by Gasteiger charge is -2.31. The van der Waals surface area contributed by atoms with E-state index < -0.39 is 16.2 Å². The second-order valence-electron chi connectivity index (χ2n) is 7.52. The molecule has 2 aromatic rings. The first-order chi connectivity index (χ1) is 13.9.